The van der Waals surface area contributed by atoms with Gasteiger partial charge in [0.2, 0.25) is 0 Å². The Bertz CT molecular complexity index is 526. The smallest absolute Gasteiger partial charge is 0.137 e. The van der Waals surface area contributed by atoms with E-state index < -0.39 is 6.10 Å². The molecule has 1 atom stereocenters. The number of piperidine rings is 1. The van der Waals surface area contributed by atoms with E-state index in [9.17, 15) is 10.2 Å². The van der Waals surface area contributed by atoms with Gasteiger partial charge in [0, 0.05) is 18.9 Å². The molecule has 24 heavy (non-hydrogen) atoms. The Balaban J connectivity index is 1.96. The Labute approximate surface area is 145 Å². The van der Waals surface area contributed by atoms with E-state index in [1.807, 2.05) is 24.3 Å². The van der Waals surface area contributed by atoms with Crippen LogP contribution in [0.2, 0.25) is 0 Å². The molecule has 0 spiro atoms. The third-order valence-corrected chi connectivity index (χ3v) is 5.05. The molecule has 0 aliphatic carbocycles. The molecule has 1 aromatic rings. The summed E-state index contributed by atoms with van der Waals surface area (Å²) in [6, 6.07) is 7.39. The molecule has 1 fully saturated rings. The van der Waals surface area contributed by atoms with Crippen molar-refractivity contribution in [2.24, 2.45) is 0 Å². The molecule has 0 saturated carbocycles. The summed E-state index contributed by atoms with van der Waals surface area (Å²) in [6.45, 7) is 9.45. The normalized spacial score (nSPS) is 26.6. The number of quaternary nitrogens is 1. The van der Waals surface area contributed by atoms with Crippen molar-refractivity contribution in [3.05, 3.63) is 24.3 Å². The lowest BCUT2D eigenvalue weighted by atomic mass is 9.78. The standard InChI is InChI=1S/C19H31NO4/c1-18(2)10-14(21)11-19(3,4)20(18)12-15(22)13-24-17-8-6-7-16(9-17)23-5/h6-9,14-15,21-22H,10-13H2,1-5H3/p+1. The maximum atomic E-state index is 10.5. The average molecular weight is 338 g/mol. The van der Waals surface area contributed by atoms with E-state index in [-0.39, 0.29) is 23.8 Å². The molecule has 0 amide bonds. The maximum Gasteiger partial charge on any atom is 0.137 e. The van der Waals surface area contributed by atoms with Crippen LogP contribution in [-0.2, 0) is 0 Å². The minimum atomic E-state index is -0.569. The van der Waals surface area contributed by atoms with Gasteiger partial charge in [-0.25, -0.2) is 0 Å². The summed E-state index contributed by atoms with van der Waals surface area (Å²) in [5.41, 5.74) is -0.170. The number of hydrogen-bond acceptors (Lipinski definition) is 4. The van der Waals surface area contributed by atoms with Crippen LogP contribution in [0.25, 0.3) is 0 Å². The highest BCUT2D eigenvalue weighted by atomic mass is 16.5. The van der Waals surface area contributed by atoms with Gasteiger partial charge < -0.3 is 24.6 Å². The number of rotatable bonds is 6. The first-order valence-corrected chi connectivity index (χ1v) is 8.64. The number of aliphatic hydroxyl groups excluding tert-OH is 2. The molecular formula is C19H32NO4+. The van der Waals surface area contributed by atoms with E-state index in [0.29, 0.717) is 12.3 Å². The van der Waals surface area contributed by atoms with Crippen LogP contribution in [0.15, 0.2) is 24.3 Å². The molecule has 136 valence electrons. The van der Waals surface area contributed by atoms with Crippen molar-refractivity contribution in [1.29, 1.82) is 0 Å². The van der Waals surface area contributed by atoms with E-state index in [2.05, 4.69) is 27.7 Å². The van der Waals surface area contributed by atoms with Crippen LogP contribution in [-0.4, -0.2) is 53.8 Å². The number of hydrogen-bond donors (Lipinski definition) is 3. The lowest BCUT2D eigenvalue weighted by Crippen LogP contribution is -3.27. The van der Waals surface area contributed by atoms with Crippen molar-refractivity contribution in [2.75, 3.05) is 20.3 Å². The molecule has 1 saturated heterocycles. The van der Waals surface area contributed by atoms with Crippen LogP contribution in [0.4, 0.5) is 0 Å². The average Bonchev–Trinajstić information content (AvgIpc) is 2.48. The van der Waals surface area contributed by atoms with E-state index in [4.69, 9.17) is 9.47 Å². The molecule has 5 nitrogen and oxygen atoms in total. The maximum absolute atomic E-state index is 10.5. The third-order valence-electron chi connectivity index (χ3n) is 5.05. The second-order valence-corrected chi connectivity index (χ2v) is 8.16. The van der Waals surface area contributed by atoms with Crippen LogP contribution < -0.4 is 14.4 Å². The Morgan fingerprint density at radius 3 is 2.33 bits per heavy atom. The highest BCUT2D eigenvalue weighted by molar-refractivity contribution is 5.32. The lowest BCUT2D eigenvalue weighted by Gasteiger charge is -2.51. The van der Waals surface area contributed by atoms with Gasteiger partial charge in [0.25, 0.3) is 0 Å². The summed E-state index contributed by atoms with van der Waals surface area (Å²) in [5.74, 6) is 1.43. The molecular weight excluding hydrogens is 306 g/mol. The van der Waals surface area contributed by atoms with Crippen molar-refractivity contribution >= 4 is 0 Å². The SMILES string of the molecule is COc1cccc(OCC(O)C[NH+]2C(C)(C)CC(O)CC2(C)C)c1. The molecule has 1 aliphatic rings. The molecule has 1 aromatic carbocycles. The van der Waals surface area contributed by atoms with Crippen molar-refractivity contribution in [1.82, 2.24) is 0 Å². The molecule has 0 aromatic heterocycles. The topological polar surface area (TPSA) is 63.4 Å². The van der Waals surface area contributed by atoms with Crippen LogP contribution in [0.5, 0.6) is 11.5 Å². The zero-order valence-electron chi connectivity index (χ0n) is 15.5. The highest BCUT2D eigenvalue weighted by Crippen LogP contribution is 2.24. The number of likely N-dealkylation sites (tertiary alicyclic amines) is 1. The molecule has 1 aliphatic heterocycles. The van der Waals surface area contributed by atoms with Crippen LogP contribution in [0.3, 0.4) is 0 Å². The van der Waals surface area contributed by atoms with Crippen molar-refractivity contribution in [2.45, 2.75) is 63.8 Å². The summed E-state index contributed by atoms with van der Waals surface area (Å²) in [7, 11) is 1.62. The monoisotopic (exact) mass is 338 g/mol. The van der Waals surface area contributed by atoms with Gasteiger partial charge in [-0.05, 0) is 39.8 Å². The second-order valence-electron chi connectivity index (χ2n) is 8.16. The molecule has 2 rings (SSSR count). The first kappa shape index (κ1) is 19.0. The number of aliphatic hydroxyl groups is 2. The van der Waals surface area contributed by atoms with Crippen LogP contribution in [0, 0.1) is 0 Å². The summed E-state index contributed by atoms with van der Waals surface area (Å²) >= 11 is 0. The van der Waals surface area contributed by atoms with Gasteiger partial charge in [-0.1, -0.05) is 6.07 Å². The quantitative estimate of drug-likeness (QED) is 0.725. The minimum absolute atomic E-state index is 0.0852. The van der Waals surface area contributed by atoms with Gasteiger partial charge in [0.1, 0.15) is 30.8 Å². The van der Waals surface area contributed by atoms with Gasteiger partial charge in [-0.3, -0.25) is 0 Å². The van der Waals surface area contributed by atoms with E-state index in [1.165, 1.54) is 4.90 Å². The predicted octanol–water partition coefficient (Wildman–Crippen LogP) is 1.03. The first-order valence-electron chi connectivity index (χ1n) is 8.64. The van der Waals surface area contributed by atoms with Crippen LogP contribution in [0.1, 0.15) is 40.5 Å². The molecule has 0 bridgehead atoms. The van der Waals surface area contributed by atoms with Crippen molar-refractivity contribution in [3.8, 4) is 11.5 Å². The number of nitrogens with one attached hydrogen (secondary N) is 1. The fourth-order valence-electron chi connectivity index (χ4n) is 4.14. The Kier molecular flexibility index (Phi) is 5.78. The van der Waals surface area contributed by atoms with Crippen LogP contribution >= 0.6 is 0 Å². The van der Waals surface area contributed by atoms with Gasteiger partial charge in [-0.15, -0.1) is 0 Å². The number of methoxy groups -OCH3 is 1. The largest absolute Gasteiger partial charge is 0.497 e. The molecule has 1 unspecified atom stereocenters. The summed E-state index contributed by atoms with van der Waals surface area (Å²) in [4.78, 5) is 1.31. The summed E-state index contributed by atoms with van der Waals surface area (Å²) < 4.78 is 10.9. The fraction of sp³-hybridized carbons (Fsp3) is 0.684. The number of benzene rings is 1. The highest BCUT2D eigenvalue weighted by Gasteiger charge is 2.49. The molecule has 1 heterocycles. The lowest BCUT2D eigenvalue weighted by molar-refractivity contribution is -1.00. The van der Waals surface area contributed by atoms with Crippen molar-refractivity contribution in [3.63, 3.8) is 0 Å². The Hall–Kier alpha value is -1.30. The van der Waals surface area contributed by atoms with E-state index in [1.54, 1.807) is 7.11 Å². The summed E-state index contributed by atoms with van der Waals surface area (Å²) in [6.07, 6.45) is 0.647. The Morgan fingerprint density at radius 2 is 1.75 bits per heavy atom. The Morgan fingerprint density at radius 1 is 1.17 bits per heavy atom. The zero-order valence-corrected chi connectivity index (χ0v) is 15.5. The molecule has 5 heteroatoms. The van der Waals surface area contributed by atoms with E-state index in [0.717, 1.165) is 18.6 Å². The van der Waals surface area contributed by atoms with Crippen molar-refractivity contribution < 1.29 is 24.6 Å². The van der Waals surface area contributed by atoms with Gasteiger partial charge >= 0.3 is 0 Å². The molecule has 0 radical (unpaired) electrons. The van der Waals surface area contributed by atoms with Gasteiger partial charge in [-0.2, -0.15) is 0 Å². The van der Waals surface area contributed by atoms with Gasteiger partial charge in [0.15, 0.2) is 0 Å². The zero-order chi connectivity index (χ0) is 18.0. The molecule has 3 N–H and O–H groups in total. The minimum Gasteiger partial charge on any atom is -0.497 e. The first-order chi connectivity index (χ1) is 11.1. The summed E-state index contributed by atoms with van der Waals surface area (Å²) in [5, 5.41) is 20.6. The van der Waals surface area contributed by atoms with Gasteiger partial charge in [0.05, 0.1) is 24.3 Å². The predicted molar refractivity (Wildman–Crippen MR) is 93.7 cm³/mol. The van der Waals surface area contributed by atoms with E-state index >= 15 is 0 Å². The third kappa shape index (κ3) is 4.62. The second kappa shape index (κ2) is 7.30. The fourth-order valence-corrected chi connectivity index (χ4v) is 4.14. The number of ether oxygens (including phenoxy) is 2.